The molecular weight excluding hydrogens is 344 g/mol. The number of rotatable bonds is 9. The standard InChI is InChI=1S/C17H22N2O5S/c1-4-22-16-10-17(23-5-2)19-15(18-16)11-24-25(20,21)12-14-8-6-13(3)7-9-14/h6-10H,4-5,11-12H2,1-3H3. The fourth-order valence-electron chi connectivity index (χ4n) is 2.03. The second kappa shape index (κ2) is 8.77. The lowest BCUT2D eigenvalue weighted by molar-refractivity contribution is 0.275. The van der Waals surface area contributed by atoms with Crippen LogP contribution in [0.25, 0.3) is 0 Å². The van der Waals surface area contributed by atoms with Crippen LogP contribution in [0, 0.1) is 6.92 Å². The summed E-state index contributed by atoms with van der Waals surface area (Å²) in [5.74, 6) is 0.601. The first kappa shape index (κ1) is 19.1. The highest BCUT2D eigenvalue weighted by molar-refractivity contribution is 7.85. The molecule has 7 nitrogen and oxygen atoms in total. The molecule has 2 rings (SSSR count). The highest BCUT2D eigenvalue weighted by Gasteiger charge is 2.15. The van der Waals surface area contributed by atoms with Crippen molar-refractivity contribution >= 4 is 10.1 Å². The fraction of sp³-hybridized carbons (Fsp3) is 0.412. The van der Waals surface area contributed by atoms with Crippen LogP contribution >= 0.6 is 0 Å². The van der Waals surface area contributed by atoms with Crippen LogP contribution in [0.3, 0.4) is 0 Å². The maximum atomic E-state index is 12.1. The van der Waals surface area contributed by atoms with Crippen molar-refractivity contribution in [2.45, 2.75) is 33.1 Å². The van der Waals surface area contributed by atoms with E-state index in [0.29, 0.717) is 30.5 Å². The molecule has 0 atom stereocenters. The van der Waals surface area contributed by atoms with Crippen LogP contribution in [0.4, 0.5) is 0 Å². The van der Waals surface area contributed by atoms with E-state index < -0.39 is 10.1 Å². The second-order valence-corrected chi connectivity index (χ2v) is 6.92. The average Bonchev–Trinajstić information content (AvgIpc) is 2.56. The maximum Gasteiger partial charge on any atom is 0.271 e. The van der Waals surface area contributed by atoms with Gasteiger partial charge < -0.3 is 9.47 Å². The Morgan fingerprint density at radius 2 is 1.52 bits per heavy atom. The first-order chi connectivity index (χ1) is 11.9. The van der Waals surface area contributed by atoms with Gasteiger partial charge in [0.2, 0.25) is 11.8 Å². The minimum absolute atomic E-state index is 0.182. The summed E-state index contributed by atoms with van der Waals surface area (Å²) in [6.07, 6.45) is 0. The quantitative estimate of drug-likeness (QED) is 0.630. The zero-order valence-corrected chi connectivity index (χ0v) is 15.4. The Morgan fingerprint density at radius 1 is 0.960 bits per heavy atom. The van der Waals surface area contributed by atoms with Gasteiger partial charge in [0, 0.05) is 0 Å². The molecule has 0 spiro atoms. The van der Waals surface area contributed by atoms with Crippen LogP contribution < -0.4 is 9.47 Å². The van der Waals surface area contributed by atoms with Gasteiger partial charge in [-0.25, -0.2) is 0 Å². The lowest BCUT2D eigenvalue weighted by atomic mass is 10.2. The smallest absolute Gasteiger partial charge is 0.271 e. The molecule has 1 aromatic carbocycles. The lowest BCUT2D eigenvalue weighted by Crippen LogP contribution is -2.11. The summed E-state index contributed by atoms with van der Waals surface area (Å²) in [6.45, 7) is 6.15. The van der Waals surface area contributed by atoms with E-state index in [9.17, 15) is 8.42 Å². The number of benzene rings is 1. The Kier molecular flexibility index (Phi) is 6.72. The Bertz CT molecular complexity index is 767. The molecule has 0 N–H and O–H groups in total. The van der Waals surface area contributed by atoms with Crippen molar-refractivity contribution in [2.75, 3.05) is 13.2 Å². The van der Waals surface area contributed by atoms with Crippen molar-refractivity contribution in [2.24, 2.45) is 0 Å². The summed E-state index contributed by atoms with van der Waals surface area (Å²) in [5.41, 5.74) is 1.72. The molecular formula is C17H22N2O5S. The van der Waals surface area contributed by atoms with Gasteiger partial charge in [-0.15, -0.1) is 0 Å². The number of aryl methyl sites for hydroxylation is 1. The number of nitrogens with zero attached hydrogens (tertiary/aromatic N) is 2. The first-order valence-electron chi connectivity index (χ1n) is 7.98. The third-order valence-corrected chi connectivity index (χ3v) is 4.31. The molecule has 0 aliphatic rings. The van der Waals surface area contributed by atoms with E-state index in [1.54, 1.807) is 18.2 Å². The Balaban J connectivity index is 2.06. The SMILES string of the molecule is CCOc1cc(OCC)nc(COS(=O)(=O)Cc2ccc(C)cc2)n1. The van der Waals surface area contributed by atoms with Gasteiger partial charge in [0.25, 0.3) is 10.1 Å². The van der Waals surface area contributed by atoms with Crippen molar-refractivity contribution in [3.05, 3.63) is 47.3 Å². The van der Waals surface area contributed by atoms with E-state index in [1.807, 2.05) is 32.9 Å². The van der Waals surface area contributed by atoms with E-state index in [1.165, 1.54) is 0 Å². The zero-order valence-electron chi connectivity index (χ0n) is 14.6. The summed E-state index contributed by atoms with van der Waals surface area (Å²) < 4.78 is 40.0. The summed E-state index contributed by atoms with van der Waals surface area (Å²) >= 11 is 0. The van der Waals surface area contributed by atoms with E-state index in [0.717, 1.165) is 5.56 Å². The predicted molar refractivity (Wildman–Crippen MR) is 93.0 cm³/mol. The zero-order chi connectivity index (χ0) is 18.3. The van der Waals surface area contributed by atoms with Crippen molar-refractivity contribution in [3.63, 3.8) is 0 Å². The highest BCUT2D eigenvalue weighted by Crippen LogP contribution is 2.17. The molecule has 0 radical (unpaired) electrons. The molecule has 2 aromatic rings. The highest BCUT2D eigenvalue weighted by atomic mass is 32.2. The van der Waals surface area contributed by atoms with Gasteiger partial charge in [-0.3, -0.25) is 4.18 Å². The largest absolute Gasteiger partial charge is 0.478 e. The van der Waals surface area contributed by atoms with Gasteiger partial charge >= 0.3 is 0 Å². The van der Waals surface area contributed by atoms with Crippen molar-refractivity contribution < 1.29 is 22.1 Å². The van der Waals surface area contributed by atoms with Crippen molar-refractivity contribution in [1.82, 2.24) is 9.97 Å². The van der Waals surface area contributed by atoms with Gasteiger partial charge in [0.15, 0.2) is 5.82 Å². The first-order valence-corrected chi connectivity index (χ1v) is 9.55. The van der Waals surface area contributed by atoms with Crippen molar-refractivity contribution in [3.8, 4) is 11.8 Å². The normalized spacial score (nSPS) is 11.3. The van der Waals surface area contributed by atoms with E-state index in [2.05, 4.69) is 9.97 Å². The monoisotopic (exact) mass is 366 g/mol. The summed E-state index contributed by atoms with van der Waals surface area (Å²) in [5, 5.41) is 0. The molecule has 0 amide bonds. The minimum atomic E-state index is -3.76. The summed E-state index contributed by atoms with van der Waals surface area (Å²) in [7, 11) is -3.76. The summed E-state index contributed by atoms with van der Waals surface area (Å²) in [6, 6.07) is 8.78. The van der Waals surface area contributed by atoms with E-state index in [-0.39, 0.29) is 18.2 Å². The molecule has 0 aliphatic heterocycles. The molecule has 8 heteroatoms. The molecule has 1 aromatic heterocycles. The fourth-order valence-corrected chi connectivity index (χ4v) is 3.00. The number of ether oxygens (including phenoxy) is 2. The van der Waals surface area contributed by atoms with Gasteiger partial charge in [-0.05, 0) is 26.3 Å². The van der Waals surface area contributed by atoms with Gasteiger partial charge in [-0.2, -0.15) is 18.4 Å². The van der Waals surface area contributed by atoms with Crippen LogP contribution in [0.2, 0.25) is 0 Å². The topological polar surface area (TPSA) is 87.6 Å². The molecule has 0 unspecified atom stereocenters. The third kappa shape index (κ3) is 6.32. The molecule has 136 valence electrons. The molecule has 0 fully saturated rings. The molecule has 0 saturated heterocycles. The molecule has 0 aliphatic carbocycles. The van der Waals surface area contributed by atoms with Gasteiger partial charge in [-0.1, -0.05) is 29.8 Å². The average molecular weight is 366 g/mol. The van der Waals surface area contributed by atoms with Crippen LogP contribution in [0.1, 0.15) is 30.8 Å². The van der Waals surface area contributed by atoms with Crippen LogP contribution in [0.5, 0.6) is 11.8 Å². The predicted octanol–water partition coefficient (Wildman–Crippen LogP) is 2.63. The number of hydrogen-bond donors (Lipinski definition) is 0. The number of aromatic nitrogens is 2. The Hall–Kier alpha value is -2.19. The minimum Gasteiger partial charge on any atom is -0.478 e. The van der Waals surface area contributed by atoms with Crippen molar-refractivity contribution in [1.29, 1.82) is 0 Å². The lowest BCUT2D eigenvalue weighted by Gasteiger charge is -2.09. The van der Waals surface area contributed by atoms with Crippen LogP contribution in [-0.2, 0) is 26.7 Å². The van der Waals surface area contributed by atoms with Crippen LogP contribution in [-0.4, -0.2) is 31.6 Å². The van der Waals surface area contributed by atoms with Gasteiger partial charge in [0.1, 0.15) is 12.4 Å². The van der Waals surface area contributed by atoms with Crippen LogP contribution in [0.15, 0.2) is 30.3 Å². The summed E-state index contributed by atoms with van der Waals surface area (Å²) in [4.78, 5) is 8.25. The molecule has 1 heterocycles. The van der Waals surface area contributed by atoms with Gasteiger partial charge in [0.05, 0.1) is 19.3 Å². The maximum absolute atomic E-state index is 12.1. The molecule has 0 bridgehead atoms. The van der Waals surface area contributed by atoms with E-state index >= 15 is 0 Å². The Labute approximate surface area is 148 Å². The molecule has 0 saturated carbocycles. The molecule has 25 heavy (non-hydrogen) atoms. The third-order valence-electron chi connectivity index (χ3n) is 3.14. The Morgan fingerprint density at radius 3 is 2.04 bits per heavy atom. The second-order valence-electron chi connectivity index (χ2n) is 5.28. The van der Waals surface area contributed by atoms with E-state index in [4.69, 9.17) is 13.7 Å². The number of hydrogen-bond acceptors (Lipinski definition) is 7.